The first-order valence-electron chi connectivity index (χ1n) is 7.66. The van der Waals surface area contributed by atoms with Gasteiger partial charge in [0.25, 0.3) is 0 Å². The maximum absolute atomic E-state index is 11.2. The Hall–Kier alpha value is -2.46. The minimum absolute atomic E-state index is 0.382. The van der Waals surface area contributed by atoms with Gasteiger partial charge in [-0.15, -0.1) is 0 Å². The lowest BCUT2D eigenvalue weighted by molar-refractivity contribution is 0.174. The average Bonchev–Trinajstić information content (AvgIpc) is 2.90. The van der Waals surface area contributed by atoms with E-state index in [0.717, 1.165) is 16.0 Å². The summed E-state index contributed by atoms with van der Waals surface area (Å²) in [5.41, 5.74) is 13.8. The van der Waals surface area contributed by atoms with Crippen LogP contribution < -0.4 is 26.6 Å². The third-order valence-corrected chi connectivity index (χ3v) is 4.41. The third kappa shape index (κ3) is 2.45. The molecule has 0 bridgehead atoms. The van der Waals surface area contributed by atoms with Crippen LogP contribution in [0.5, 0.6) is 5.75 Å². The third-order valence-electron chi connectivity index (χ3n) is 4.41. The SMILES string of the molecule is COc1cc(C(C)C)ccc1C1(O)C=c2c(N)ccc(N)c2=C1. The van der Waals surface area contributed by atoms with Crippen molar-refractivity contribution in [2.45, 2.75) is 25.4 Å². The van der Waals surface area contributed by atoms with Crippen molar-refractivity contribution in [3.63, 3.8) is 0 Å². The van der Waals surface area contributed by atoms with Crippen LogP contribution >= 0.6 is 0 Å². The molecule has 0 fully saturated rings. The Bertz CT molecular complexity index is 844. The summed E-state index contributed by atoms with van der Waals surface area (Å²) in [5.74, 6) is 1.03. The number of rotatable bonds is 3. The zero-order valence-electron chi connectivity index (χ0n) is 13.6. The summed E-state index contributed by atoms with van der Waals surface area (Å²) in [6.45, 7) is 4.24. The lowest BCUT2D eigenvalue weighted by Gasteiger charge is -2.23. The van der Waals surface area contributed by atoms with E-state index < -0.39 is 5.60 Å². The fraction of sp³-hybridized carbons (Fsp3) is 0.263. The normalized spacial score (nSPS) is 15.0. The minimum atomic E-state index is -1.28. The molecule has 0 atom stereocenters. The van der Waals surface area contributed by atoms with Crippen molar-refractivity contribution in [2.75, 3.05) is 18.6 Å². The highest BCUT2D eigenvalue weighted by Gasteiger charge is 2.31. The van der Waals surface area contributed by atoms with Crippen molar-refractivity contribution in [1.82, 2.24) is 0 Å². The predicted octanol–water partition coefficient (Wildman–Crippen LogP) is 1.45. The standard InChI is InChI=1S/C19H22N2O2/c1-11(2)12-4-5-15(18(8-12)23-3)19(22)9-13-14(10-19)17(21)7-6-16(13)20/h4-11,22H,20-21H2,1-3H3. The van der Waals surface area contributed by atoms with Gasteiger partial charge in [0, 0.05) is 27.4 Å². The topological polar surface area (TPSA) is 81.5 Å². The molecule has 5 N–H and O–H groups in total. The van der Waals surface area contributed by atoms with Crippen molar-refractivity contribution in [3.8, 4) is 5.75 Å². The summed E-state index contributed by atoms with van der Waals surface area (Å²) >= 11 is 0. The first kappa shape index (κ1) is 15.4. The molecule has 0 aromatic heterocycles. The number of fused-ring (bicyclic) bond motifs is 1. The Morgan fingerprint density at radius 1 is 1.00 bits per heavy atom. The number of nitrogens with two attached hydrogens (primary N) is 2. The monoisotopic (exact) mass is 310 g/mol. The summed E-state index contributed by atoms with van der Waals surface area (Å²) in [5, 5.41) is 12.7. The van der Waals surface area contributed by atoms with E-state index in [1.165, 1.54) is 0 Å². The fourth-order valence-corrected chi connectivity index (χ4v) is 3.03. The molecule has 0 unspecified atom stereocenters. The van der Waals surface area contributed by atoms with E-state index in [0.29, 0.717) is 28.6 Å². The van der Waals surface area contributed by atoms with Crippen LogP contribution in [0.1, 0.15) is 30.9 Å². The van der Waals surface area contributed by atoms with E-state index >= 15 is 0 Å². The van der Waals surface area contributed by atoms with E-state index in [1.54, 1.807) is 31.4 Å². The second-order valence-electron chi connectivity index (χ2n) is 6.30. The number of hydrogen-bond donors (Lipinski definition) is 3. The van der Waals surface area contributed by atoms with Gasteiger partial charge < -0.3 is 21.3 Å². The molecule has 0 saturated heterocycles. The Balaban J connectivity index is 2.22. The second kappa shape index (κ2) is 5.32. The first-order chi connectivity index (χ1) is 10.9. The molecule has 2 aromatic rings. The largest absolute Gasteiger partial charge is 0.496 e. The summed E-state index contributed by atoms with van der Waals surface area (Å²) in [6, 6.07) is 9.39. The molecule has 0 spiro atoms. The van der Waals surface area contributed by atoms with Crippen LogP contribution in [0.2, 0.25) is 0 Å². The highest BCUT2D eigenvalue weighted by atomic mass is 16.5. The van der Waals surface area contributed by atoms with Crippen molar-refractivity contribution >= 4 is 23.5 Å². The number of aliphatic hydroxyl groups is 1. The van der Waals surface area contributed by atoms with Crippen LogP contribution in [0.15, 0.2) is 30.3 Å². The lowest BCUT2D eigenvalue weighted by atomic mass is 9.91. The van der Waals surface area contributed by atoms with Crippen LogP contribution in [0, 0.1) is 0 Å². The van der Waals surface area contributed by atoms with Gasteiger partial charge in [0.05, 0.1) is 7.11 Å². The van der Waals surface area contributed by atoms with Crippen LogP contribution in [0.3, 0.4) is 0 Å². The van der Waals surface area contributed by atoms with Crippen molar-refractivity contribution in [3.05, 3.63) is 51.9 Å². The summed E-state index contributed by atoms with van der Waals surface area (Å²) in [4.78, 5) is 0. The van der Waals surface area contributed by atoms with Crippen molar-refractivity contribution < 1.29 is 9.84 Å². The second-order valence-corrected chi connectivity index (χ2v) is 6.30. The van der Waals surface area contributed by atoms with Crippen LogP contribution in [-0.4, -0.2) is 12.2 Å². The number of hydrogen-bond acceptors (Lipinski definition) is 4. The van der Waals surface area contributed by atoms with Crippen LogP contribution in [-0.2, 0) is 5.60 Å². The summed E-state index contributed by atoms with van der Waals surface area (Å²) in [6.07, 6.45) is 3.47. The maximum Gasteiger partial charge on any atom is 0.132 e. The van der Waals surface area contributed by atoms with Gasteiger partial charge in [0.15, 0.2) is 0 Å². The average molecular weight is 310 g/mol. The number of nitrogen functional groups attached to an aromatic ring is 2. The Labute approximate surface area is 135 Å². The van der Waals surface area contributed by atoms with Gasteiger partial charge in [0.1, 0.15) is 11.4 Å². The van der Waals surface area contributed by atoms with E-state index in [4.69, 9.17) is 16.2 Å². The number of ether oxygens (including phenoxy) is 1. The smallest absolute Gasteiger partial charge is 0.132 e. The summed E-state index contributed by atoms with van der Waals surface area (Å²) in [7, 11) is 1.61. The van der Waals surface area contributed by atoms with Gasteiger partial charge in [-0.25, -0.2) is 0 Å². The zero-order chi connectivity index (χ0) is 16.8. The number of benzene rings is 2. The molecule has 0 heterocycles. The predicted molar refractivity (Wildman–Crippen MR) is 94.4 cm³/mol. The Kier molecular flexibility index (Phi) is 3.57. The lowest BCUT2D eigenvalue weighted by Crippen LogP contribution is -2.27. The van der Waals surface area contributed by atoms with Gasteiger partial charge in [-0.2, -0.15) is 0 Å². The molecule has 0 amide bonds. The fourth-order valence-electron chi connectivity index (χ4n) is 3.03. The molecule has 4 heteroatoms. The highest BCUT2D eigenvalue weighted by molar-refractivity contribution is 5.73. The first-order valence-corrected chi connectivity index (χ1v) is 7.66. The van der Waals surface area contributed by atoms with E-state index in [1.807, 2.05) is 18.2 Å². The molecular formula is C19H22N2O2. The van der Waals surface area contributed by atoms with Gasteiger partial charge in [-0.3, -0.25) is 0 Å². The number of anilines is 2. The molecule has 3 rings (SSSR count). The Morgan fingerprint density at radius 3 is 2.04 bits per heavy atom. The van der Waals surface area contributed by atoms with E-state index in [9.17, 15) is 5.11 Å². The number of methoxy groups -OCH3 is 1. The molecule has 0 aliphatic heterocycles. The molecule has 0 saturated carbocycles. The Morgan fingerprint density at radius 2 is 1.57 bits per heavy atom. The molecule has 0 radical (unpaired) electrons. The molecule has 1 aliphatic carbocycles. The zero-order valence-corrected chi connectivity index (χ0v) is 13.6. The van der Waals surface area contributed by atoms with Gasteiger partial charge in [-0.1, -0.05) is 26.0 Å². The molecule has 1 aliphatic rings. The maximum atomic E-state index is 11.2. The van der Waals surface area contributed by atoms with E-state index in [2.05, 4.69) is 13.8 Å². The summed E-state index contributed by atoms with van der Waals surface area (Å²) < 4.78 is 5.51. The quantitative estimate of drug-likeness (QED) is 0.749. The van der Waals surface area contributed by atoms with Crippen molar-refractivity contribution in [1.29, 1.82) is 0 Å². The van der Waals surface area contributed by atoms with Crippen molar-refractivity contribution in [2.24, 2.45) is 0 Å². The van der Waals surface area contributed by atoms with Gasteiger partial charge in [0.2, 0.25) is 0 Å². The molecule has 120 valence electrons. The van der Waals surface area contributed by atoms with Crippen LogP contribution in [0.25, 0.3) is 12.2 Å². The molecule has 23 heavy (non-hydrogen) atoms. The minimum Gasteiger partial charge on any atom is -0.496 e. The van der Waals surface area contributed by atoms with Gasteiger partial charge >= 0.3 is 0 Å². The van der Waals surface area contributed by atoms with E-state index in [-0.39, 0.29) is 0 Å². The molecule has 4 nitrogen and oxygen atoms in total. The highest BCUT2D eigenvalue weighted by Crippen LogP contribution is 2.36. The van der Waals surface area contributed by atoms with Crippen LogP contribution in [0.4, 0.5) is 11.4 Å². The molecular weight excluding hydrogens is 288 g/mol. The van der Waals surface area contributed by atoms with Gasteiger partial charge in [-0.05, 0) is 41.8 Å². The molecule has 2 aromatic carbocycles.